The van der Waals surface area contributed by atoms with Crippen LogP contribution in [0.25, 0.3) is 0 Å². The first kappa shape index (κ1) is 31.2. The molecule has 0 bridgehead atoms. The number of ether oxygens (including phenoxy) is 1. The number of amides is 2. The van der Waals surface area contributed by atoms with Crippen LogP contribution in [0.3, 0.4) is 0 Å². The molecule has 1 atom stereocenters. The molecule has 0 radical (unpaired) electrons. The molecule has 0 saturated heterocycles. The van der Waals surface area contributed by atoms with Gasteiger partial charge in [-0.05, 0) is 79.0 Å². The predicted octanol–water partition coefficient (Wildman–Crippen LogP) is 5.21. The van der Waals surface area contributed by atoms with E-state index in [2.05, 4.69) is 21.2 Å². The maximum Gasteiger partial charge on any atom is 0.264 e. The van der Waals surface area contributed by atoms with Crippen molar-refractivity contribution in [3.05, 3.63) is 87.9 Å². The Morgan fingerprint density at radius 1 is 0.975 bits per heavy atom. The van der Waals surface area contributed by atoms with Gasteiger partial charge in [0.2, 0.25) is 11.8 Å². The normalized spacial score (nSPS) is 11.9. The summed E-state index contributed by atoms with van der Waals surface area (Å²) in [6.45, 7) is 7.60. The van der Waals surface area contributed by atoms with E-state index < -0.39 is 28.5 Å². The molecule has 3 aromatic carbocycles. The summed E-state index contributed by atoms with van der Waals surface area (Å²) in [6.07, 6.45) is 0.751. The van der Waals surface area contributed by atoms with Gasteiger partial charge >= 0.3 is 0 Å². The van der Waals surface area contributed by atoms with Crippen molar-refractivity contribution in [3.63, 3.8) is 0 Å². The van der Waals surface area contributed by atoms with Crippen LogP contribution < -0.4 is 14.4 Å². The number of nitrogens with one attached hydrogen (secondary N) is 1. The average molecular weight is 631 g/mol. The van der Waals surface area contributed by atoms with Crippen LogP contribution in [0.5, 0.6) is 5.75 Å². The third-order valence-corrected chi connectivity index (χ3v) is 8.89. The van der Waals surface area contributed by atoms with Crippen molar-refractivity contribution >= 4 is 43.5 Å². The Balaban J connectivity index is 2.03. The molecule has 0 saturated carbocycles. The summed E-state index contributed by atoms with van der Waals surface area (Å²) in [7, 11) is -2.69. The van der Waals surface area contributed by atoms with Gasteiger partial charge in [0.15, 0.2) is 0 Å². The third-order valence-electron chi connectivity index (χ3n) is 6.50. The molecule has 0 aliphatic heterocycles. The van der Waals surface area contributed by atoms with Gasteiger partial charge in [-0.25, -0.2) is 8.42 Å². The van der Waals surface area contributed by atoms with E-state index >= 15 is 0 Å². The van der Waals surface area contributed by atoms with Crippen LogP contribution in [0, 0.1) is 13.8 Å². The van der Waals surface area contributed by atoms with Crippen molar-refractivity contribution in [2.45, 2.75) is 51.6 Å². The first-order chi connectivity index (χ1) is 19.0. The molecule has 10 heteroatoms. The number of benzene rings is 3. The minimum atomic E-state index is -4.18. The molecule has 0 heterocycles. The maximum absolute atomic E-state index is 14.0. The summed E-state index contributed by atoms with van der Waals surface area (Å²) in [4.78, 5) is 28.3. The zero-order valence-corrected chi connectivity index (χ0v) is 25.9. The van der Waals surface area contributed by atoms with Gasteiger partial charge in [0.05, 0.1) is 22.2 Å². The van der Waals surface area contributed by atoms with E-state index in [0.717, 1.165) is 27.4 Å². The Labute approximate surface area is 245 Å². The minimum Gasteiger partial charge on any atom is -0.496 e. The SMILES string of the molecule is CCCNC(=O)C(C)N(Cc1ccc(C)cc1)C(=O)CN(c1ccc(C)cc1)S(=O)(=O)c1ccc(OC)c(Br)c1. The minimum absolute atomic E-state index is 0.00706. The van der Waals surface area contributed by atoms with Crippen molar-refractivity contribution in [2.24, 2.45) is 0 Å². The lowest BCUT2D eigenvalue weighted by Gasteiger charge is -2.32. The lowest BCUT2D eigenvalue weighted by Crippen LogP contribution is -2.51. The van der Waals surface area contributed by atoms with E-state index in [-0.39, 0.29) is 17.3 Å². The highest BCUT2D eigenvalue weighted by Crippen LogP contribution is 2.31. The molecule has 2 amide bonds. The number of methoxy groups -OCH3 is 1. The first-order valence-electron chi connectivity index (χ1n) is 13.0. The Hall–Kier alpha value is -3.37. The number of nitrogens with zero attached hydrogens (tertiary/aromatic N) is 2. The second-order valence-electron chi connectivity index (χ2n) is 9.62. The van der Waals surface area contributed by atoms with E-state index in [4.69, 9.17) is 4.74 Å². The molecule has 3 aromatic rings. The van der Waals surface area contributed by atoms with Gasteiger partial charge in [-0.1, -0.05) is 54.4 Å². The smallest absolute Gasteiger partial charge is 0.264 e. The lowest BCUT2D eigenvalue weighted by molar-refractivity contribution is -0.139. The molecule has 1 N–H and O–H groups in total. The molecular weight excluding hydrogens is 594 g/mol. The fourth-order valence-electron chi connectivity index (χ4n) is 4.04. The van der Waals surface area contributed by atoms with Gasteiger partial charge in [0.25, 0.3) is 10.0 Å². The highest BCUT2D eigenvalue weighted by atomic mass is 79.9. The molecule has 3 rings (SSSR count). The molecular formula is C30H36BrN3O5S. The van der Waals surface area contributed by atoms with Crippen molar-refractivity contribution in [1.29, 1.82) is 0 Å². The van der Waals surface area contributed by atoms with Gasteiger partial charge in [-0.2, -0.15) is 0 Å². The fraction of sp³-hybridized carbons (Fsp3) is 0.333. The molecule has 0 spiro atoms. The van der Waals surface area contributed by atoms with Gasteiger partial charge in [0, 0.05) is 13.1 Å². The molecule has 0 aliphatic rings. The number of aryl methyl sites for hydroxylation is 2. The predicted molar refractivity (Wildman–Crippen MR) is 161 cm³/mol. The number of hydrogen-bond acceptors (Lipinski definition) is 5. The quantitative estimate of drug-likeness (QED) is 0.297. The van der Waals surface area contributed by atoms with Crippen molar-refractivity contribution in [1.82, 2.24) is 10.2 Å². The number of carbonyl (C=O) groups excluding carboxylic acids is 2. The van der Waals surface area contributed by atoms with Gasteiger partial charge in [-0.15, -0.1) is 0 Å². The summed E-state index contributed by atoms with van der Waals surface area (Å²) < 4.78 is 34.8. The largest absolute Gasteiger partial charge is 0.496 e. The first-order valence-corrected chi connectivity index (χ1v) is 15.3. The fourth-order valence-corrected chi connectivity index (χ4v) is 6.18. The highest BCUT2D eigenvalue weighted by molar-refractivity contribution is 9.10. The number of anilines is 1. The summed E-state index contributed by atoms with van der Waals surface area (Å²) in [5, 5.41) is 2.84. The molecule has 0 aliphatic carbocycles. The van der Waals surface area contributed by atoms with Crippen LogP contribution in [0.4, 0.5) is 5.69 Å². The summed E-state index contributed by atoms with van der Waals surface area (Å²) in [5.74, 6) is -0.323. The van der Waals surface area contributed by atoms with E-state index in [1.165, 1.54) is 24.1 Å². The van der Waals surface area contributed by atoms with Crippen molar-refractivity contribution in [2.75, 3.05) is 24.5 Å². The second-order valence-corrected chi connectivity index (χ2v) is 12.3. The van der Waals surface area contributed by atoms with Crippen molar-refractivity contribution in [3.8, 4) is 5.75 Å². The van der Waals surface area contributed by atoms with E-state index in [1.807, 2.05) is 45.0 Å². The molecule has 8 nitrogen and oxygen atoms in total. The zero-order chi connectivity index (χ0) is 29.4. The van der Waals surface area contributed by atoms with Crippen LogP contribution in [0.1, 0.15) is 37.0 Å². The summed E-state index contributed by atoms with van der Waals surface area (Å²) >= 11 is 3.36. The number of sulfonamides is 1. The van der Waals surface area contributed by atoms with Crippen molar-refractivity contribution < 1.29 is 22.7 Å². The Morgan fingerprint density at radius 2 is 1.57 bits per heavy atom. The van der Waals surface area contributed by atoms with Crippen LogP contribution in [-0.2, 0) is 26.2 Å². The van der Waals surface area contributed by atoms with Gasteiger partial charge < -0.3 is 15.0 Å². The van der Waals surface area contributed by atoms with E-state index in [9.17, 15) is 18.0 Å². The Kier molecular flexibility index (Phi) is 10.8. The van der Waals surface area contributed by atoms with E-state index in [1.54, 1.807) is 37.3 Å². The number of hydrogen-bond donors (Lipinski definition) is 1. The van der Waals surface area contributed by atoms with Gasteiger partial charge in [0.1, 0.15) is 18.3 Å². The molecule has 1 unspecified atom stereocenters. The second kappa shape index (κ2) is 13.8. The monoisotopic (exact) mass is 629 g/mol. The summed E-state index contributed by atoms with van der Waals surface area (Å²) in [5.41, 5.74) is 3.18. The van der Waals surface area contributed by atoms with Crippen LogP contribution >= 0.6 is 15.9 Å². The molecule has 214 valence electrons. The topological polar surface area (TPSA) is 96.0 Å². The maximum atomic E-state index is 14.0. The molecule has 0 fully saturated rings. The lowest BCUT2D eigenvalue weighted by atomic mass is 10.1. The van der Waals surface area contributed by atoms with Crippen LogP contribution in [0.15, 0.2) is 76.1 Å². The third kappa shape index (κ3) is 7.63. The van der Waals surface area contributed by atoms with Crippen LogP contribution in [0.2, 0.25) is 0 Å². The average Bonchev–Trinajstić information content (AvgIpc) is 2.94. The Morgan fingerprint density at radius 3 is 2.12 bits per heavy atom. The number of rotatable bonds is 12. The Bertz CT molecular complexity index is 1430. The molecule has 40 heavy (non-hydrogen) atoms. The number of carbonyl (C=O) groups is 2. The van der Waals surface area contributed by atoms with E-state index in [0.29, 0.717) is 22.5 Å². The number of halogens is 1. The highest BCUT2D eigenvalue weighted by Gasteiger charge is 2.32. The standard InChI is InChI=1S/C30H36BrN3O5S/c1-6-17-32-30(36)23(4)33(19-24-11-7-21(2)8-12-24)29(35)20-34(25-13-9-22(3)10-14-25)40(37,38)26-15-16-28(39-5)27(31)18-26/h7-16,18,23H,6,17,19-20H2,1-5H3,(H,32,36). The zero-order valence-electron chi connectivity index (χ0n) is 23.5. The molecule has 0 aromatic heterocycles. The van der Waals surface area contributed by atoms with Gasteiger partial charge in [-0.3, -0.25) is 13.9 Å². The van der Waals surface area contributed by atoms with Crippen LogP contribution in [-0.4, -0.2) is 51.4 Å². The summed E-state index contributed by atoms with van der Waals surface area (Å²) in [6, 6.07) is 18.2.